The highest BCUT2D eigenvalue weighted by Gasteiger charge is 2.28. The molecule has 0 heterocycles. The van der Waals surface area contributed by atoms with Crippen LogP contribution in [-0.2, 0) is 13.6 Å². The van der Waals surface area contributed by atoms with Gasteiger partial charge >= 0.3 is 13.3 Å². The molecule has 0 aliphatic heterocycles. The van der Waals surface area contributed by atoms with Gasteiger partial charge in [-0.2, -0.15) is 0 Å². The van der Waals surface area contributed by atoms with Crippen LogP contribution in [0.4, 0.5) is 5.69 Å². The van der Waals surface area contributed by atoms with E-state index in [1.165, 1.54) is 18.2 Å². The van der Waals surface area contributed by atoms with Gasteiger partial charge in [-0.05, 0) is 26.0 Å². The molecule has 1 amide bonds. The van der Waals surface area contributed by atoms with Gasteiger partial charge in [0.25, 0.3) is 5.91 Å². The summed E-state index contributed by atoms with van der Waals surface area (Å²) in [6, 6.07) is 3.97. The van der Waals surface area contributed by atoms with Gasteiger partial charge in [0, 0.05) is 0 Å². The fourth-order valence-corrected chi connectivity index (χ4v) is 3.29. The van der Waals surface area contributed by atoms with Crippen LogP contribution in [-0.4, -0.2) is 30.3 Å². The molecular formula is C12H16ClN2O6P. The molecule has 0 atom stereocenters. The molecular weight excluding hydrogens is 335 g/mol. The highest BCUT2D eigenvalue weighted by molar-refractivity contribution is 7.53. The number of nitrogens with zero attached hydrogens (tertiary/aromatic N) is 1. The Labute approximate surface area is 132 Å². The molecule has 0 bridgehead atoms. The summed E-state index contributed by atoms with van der Waals surface area (Å²) in [5.41, 5.74) is -0.735. The van der Waals surface area contributed by atoms with Crippen molar-refractivity contribution in [2.24, 2.45) is 0 Å². The maximum absolute atomic E-state index is 12.2. The SMILES string of the molecule is CCOP(=O)(CNC(=O)c1cccc(Cl)c1[N+](=O)[O-])OCC. The maximum atomic E-state index is 12.2. The smallest absolute Gasteiger partial charge is 0.340 e. The third-order valence-corrected chi connectivity index (χ3v) is 4.65. The zero-order valence-corrected chi connectivity index (χ0v) is 13.7. The van der Waals surface area contributed by atoms with Crippen LogP contribution >= 0.6 is 19.2 Å². The molecule has 10 heteroatoms. The summed E-state index contributed by atoms with van der Waals surface area (Å²) in [4.78, 5) is 22.3. The van der Waals surface area contributed by atoms with Crippen molar-refractivity contribution in [1.29, 1.82) is 0 Å². The lowest BCUT2D eigenvalue weighted by atomic mass is 10.1. The Kier molecular flexibility index (Phi) is 6.96. The highest BCUT2D eigenvalue weighted by Crippen LogP contribution is 2.46. The van der Waals surface area contributed by atoms with Crippen LogP contribution in [0.5, 0.6) is 0 Å². The summed E-state index contributed by atoms with van der Waals surface area (Å²) < 4.78 is 22.2. The topological polar surface area (TPSA) is 108 Å². The second-order valence-corrected chi connectivity index (χ2v) is 6.47. The van der Waals surface area contributed by atoms with Crippen molar-refractivity contribution in [2.45, 2.75) is 13.8 Å². The molecule has 0 unspecified atom stereocenters. The van der Waals surface area contributed by atoms with E-state index >= 15 is 0 Å². The van der Waals surface area contributed by atoms with Crippen molar-refractivity contribution in [3.63, 3.8) is 0 Å². The van der Waals surface area contributed by atoms with E-state index < -0.39 is 30.4 Å². The normalized spacial score (nSPS) is 11.2. The van der Waals surface area contributed by atoms with Crippen LogP contribution in [0.2, 0.25) is 5.02 Å². The van der Waals surface area contributed by atoms with Gasteiger partial charge in [0.15, 0.2) is 0 Å². The molecule has 0 radical (unpaired) electrons. The molecule has 0 aliphatic carbocycles. The van der Waals surface area contributed by atoms with Crippen molar-refractivity contribution >= 4 is 30.8 Å². The number of nitro groups is 1. The monoisotopic (exact) mass is 350 g/mol. The molecule has 122 valence electrons. The molecule has 8 nitrogen and oxygen atoms in total. The summed E-state index contributed by atoms with van der Waals surface area (Å²) >= 11 is 5.73. The Morgan fingerprint density at radius 1 is 1.36 bits per heavy atom. The fraction of sp³-hybridized carbons (Fsp3) is 0.417. The lowest BCUT2D eigenvalue weighted by Gasteiger charge is -2.17. The van der Waals surface area contributed by atoms with Crippen LogP contribution in [0.15, 0.2) is 18.2 Å². The van der Waals surface area contributed by atoms with E-state index in [1.807, 2.05) is 0 Å². The number of amides is 1. The minimum Gasteiger partial charge on any atom is -0.340 e. The molecule has 1 N–H and O–H groups in total. The summed E-state index contributed by atoms with van der Waals surface area (Å²) in [5.74, 6) is -0.783. The van der Waals surface area contributed by atoms with E-state index in [2.05, 4.69) is 5.32 Å². The number of hydrogen-bond acceptors (Lipinski definition) is 6. The van der Waals surface area contributed by atoms with Crippen LogP contribution in [0.3, 0.4) is 0 Å². The predicted octanol–water partition coefficient (Wildman–Crippen LogP) is 3.20. The first-order valence-corrected chi connectivity index (χ1v) is 8.54. The summed E-state index contributed by atoms with van der Waals surface area (Å²) in [6.07, 6.45) is -0.392. The molecule has 0 fully saturated rings. The van der Waals surface area contributed by atoms with E-state index in [0.29, 0.717) is 0 Å². The number of hydrogen-bond donors (Lipinski definition) is 1. The van der Waals surface area contributed by atoms with Crippen molar-refractivity contribution in [2.75, 3.05) is 19.5 Å². The van der Waals surface area contributed by atoms with Crippen LogP contribution in [0, 0.1) is 10.1 Å². The lowest BCUT2D eigenvalue weighted by molar-refractivity contribution is -0.385. The first-order valence-electron chi connectivity index (χ1n) is 6.43. The maximum Gasteiger partial charge on any atom is 0.349 e. The number of nitro benzene ring substituents is 1. The molecule has 1 aromatic carbocycles. The molecule has 22 heavy (non-hydrogen) atoms. The average Bonchev–Trinajstić information content (AvgIpc) is 2.44. The standard InChI is InChI=1S/C12H16ClN2O6P/c1-3-20-22(19,21-4-2)8-14-12(16)9-6-5-7-10(13)11(9)15(17)18/h5-7H,3-4,8H2,1-2H3,(H,14,16). The minimum atomic E-state index is -3.48. The van der Waals surface area contributed by atoms with Gasteiger partial charge in [-0.1, -0.05) is 17.7 Å². The van der Waals surface area contributed by atoms with E-state index in [0.717, 1.165) is 0 Å². The Morgan fingerprint density at radius 3 is 2.45 bits per heavy atom. The molecule has 0 saturated carbocycles. The highest BCUT2D eigenvalue weighted by atomic mass is 35.5. The number of para-hydroxylation sites is 1. The van der Waals surface area contributed by atoms with Gasteiger partial charge in [-0.25, -0.2) is 0 Å². The first-order chi connectivity index (χ1) is 10.3. The van der Waals surface area contributed by atoms with Gasteiger partial charge in [-0.15, -0.1) is 0 Å². The van der Waals surface area contributed by atoms with Gasteiger partial charge in [0.05, 0.1) is 18.1 Å². The van der Waals surface area contributed by atoms with Gasteiger partial charge < -0.3 is 14.4 Å². The second kappa shape index (κ2) is 8.24. The van der Waals surface area contributed by atoms with Crippen LogP contribution in [0.25, 0.3) is 0 Å². The predicted molar refractivity (Wildman–Crippen MR) is 81.3 cm³/mol. The van der Waals surface area contributed by atoms with Crippen molar-refractivity contribution in [3.05, 3.63) is 38.9 Å². The number of halogens is 1. The summed E-state index contributed by atoms with van der Waals surface area (Å²) in [5, 5.41) is 13.1. The van der Waals surface area contributed by atoms with Crippen LogP contribution in [0.1, 0.15) is 24.2 Å². The van der Waals surface area contributed by atoms with Gasteiger partial charge in [0.1, 0.15) is 16.9 Å². The number of carbonyl (C=O) groups is 1. The lowest BCUT2D eigenvalue weighted by Crippen LogP contribution is -2.26. The van der Waals surface area contributed by atoms with Crippen LogP contribution < -0.4 is 5.32 Å². The minimum absolute atomic E-state index is 0.143. The molecule has 1 aromatic rings. The summed E-state index contributed by atoms with van der Waals surface area (Å²) in [7, 11) is -3.48. The zero-order chi connectivity index (χ0) is 16.8. The van der Waals surface area contributed by atoms with E-state index in [-0.39, 0.29) is 23.8 Å². The fourth-order valence-electron chi connectivity index (χ4n) is 1.67. The molecule has 0 spiro atoms. The Balaban J connectivity index is 2.92. The molecule has 1 rings (SSSR count). The Bertz CT molecular complexity index is 599. The molecule has 0 saturated heterocycles. The largest absolute Gasteiger partial charge is 0.349 e. The Morgan fingerprint density at radius 2 is 1.95 bits per heavy atom. The van der Waals surface area contributed by atoms with Gasteiger partial charge in [0.2, 0.25) is 0 Å². The Hall–Kier alpha value is -1.47. The number of carbonyl (C=O) groups excluding carboxylic acids is 1. The number of rotatable bonds is 8. The number of benzene rings is 1. The average molecular weight is 351 g/mol. The van der Waals surface area contributed by atoms with Crippen molar-refractivity contribution in [3.8, 4) is 0 Å². The van der Waals surface area contributed by atoms with E-state index in [1.54, 1.807) is 13.8 Å². The number of nitrogens with one attached hydrogen (secondary N) is 1. The third-order valence-electron chi connectivity index (χ3n) is 2.50. The molecule has 0 aliphatic rings. The molecule has 0 aromatic heterocycles. The van der Waals surface area contributed by atoms with Gasteiger partial charge in [-0.3, -0.25) is 19.5 Å². The third kappa shape index (κ3) is 4.78. The van der Waals surface area contributed by atoms with E-state index in [9.17, 15) is 19.5 Å². The summed E-state index contributed by atoms with van der Waals surface area (Å²) in [6.45, 7) is 3.56. The van der Waals surface area contributed by atoms with Crippen molar-refractivity contribution < 1.29 is 23.3 Å². The first kappa shape index (κ1) is 18.6. The van der Waals surface area contributed by atoms with Crippen molar-refractivity contribution in [1.82, 2.24) is 5.32 Å². The zero-order valence-electron chi connectivity index (χ0n) is 12.1. The quantitative estimate of drug-likeness (QED) is 0.438. The van der Waals surface area contributed by atoms with E-state index in [4.69, 9.17) is 20.6 Å². The second-order valence-electron chi connectivity index (χ2n) is 4.00.